The lowest BCUT2D eigenvalue weighted by Crippen LogP contribution is -2.67. The number of amides is 1. The van der Waals surface area contributed by atoms with E-state index in [0.29, 0.717) is 80.3 Å². The monoisotopic (exact) mass is 1160 g/mol. The molecule has 4 aromatic carbocycles. The average Bonchev–Trinajstić information content (AvgIpc) is 1.48. The van der Waals surface area contributed by atoms with E-state index >= 15 is 9.59 Å². The Balaban J connectivity index is 1.11. The van der Waals surface area contributed by atoms with Gasteiger partial charge < -0.3 is 86.8 Å². The molecule has 1 saturated heterocycles. The van der Waals surface area contributed by atoms with E-state index in [9.17, 15) is 61.3 Å². The molecule has 0 bridgehead atoms. The predicted molar refractivity (Wildman–Crippen MR) is 306 cm³/mol. The standard InChI is InChI=1S/C62H74N6O16/c1-2-41-42(67-32-66-41)26-37-25-33(16-22-44(37)72)17-23-48(74)68-43-27-46(83-62(82)57(79)56(78)54(76)47(31-70)84-62)53(75)55(77)49(43)52-51(61-38(12-7-13-39(61)30-69)20-18-35-11-6-15-45(73)50(35)61)36(28-60(52,68)58(80)81)19-21-40(71)14-8-24-64-59(63)65-29-34-9-4-3-5-10-34/h3-6,9-11,15-17,22-23,25,27-28,32,38-40,47,51-52,54,56-57,69-73,75-79,82H,2,7-8,12-14,18-21,24,26,29-31H2,1H3,(H,66,67)(H,80,81)(H3,63,64,65)/b23-17+/t38-,39-,40-,47-,51-,52+,54-,56+,57-,60-,61+,62+/m1/s1. The van der Waals surface area contributed by atoms with Crippen LogP contribution in [0.1, 0.15) is 109 Å². The first-order chi connectivity index (χ1) is 40.3. The SMILES string of the molecule is CCc1nc[nH]c1Cc1cc(/C=C/C(=O)N2c3cc(O[C@]4(O)O[C@H](CO)[C@@H](O)[C@H](O)[C@H]4O)c(O)c(O)c3[C@H]3[C@H]([C@@]45c6c(O)cccc6CC[C@H]4CCC[C@@H]5CO)C(CC[C@H](O)CCCNC(N)=NCc4ccccc4)=C[C@]32C(=O)O)ccc1O. The van der Waals surface area contributed by atoms with Crippen LogP contribution in [-0.2, 0) is 45.5 Å². The number of H-pyrrole nitrogens is 1. The molecule has 2 fully saturated rings. The van der Waals surface area contributed by atoms with Gasteiger partial charge in [-0.05, 0) is 117 Å². The number of aliphatic hydroxyl groups is 7. The number of hydrogen-bond donors (Lipinski definition) is 15. The molecule has 1 aromatic heterocycles. The molecule has 22 heteroatoms. The van der Waals surface area contributed by atoms with Crippen LogP contribution in [0.5, 0.6) is 28.7 Å². The average molecular weight is 1160 g/mol. The molecule has 0 unspecified atom stereocenters. The molecule has 3 heterocycles. The third kappa shape index (κ3) is 10.5. The first-order valence-electron chi connectivity index (χ1n) is 28.6. The van der Waals surface area contributed by atoms with Gasteiger partial charge in [-0.1, -0.05) is 67.4 Å². The molecule has 5 aromatic rings. The number of nitrogens with two attached hydrogens (primary N) is 1. The molecule has 84 heavy (non-hydrogen) atoms. The molecule has 448 valence electrons. The molecule has 16 N–H and O–H groups in total. The molecule has 1 amide bonds. The van der Waals surface area contributed by atoms with Gasteiger partial charge in [0.25, 0.3) is 5.91 Å². The summed E-state index contributed by atoms with van der Waals surface area (Å²) in [7, 11) is 0. The second-order valence-corrected chi connectivity index (χ2v) is 22.8. The fraction of sp³-hybridized carbons (Fsp3) is 0.452. The first-order valence-corrected chi connectivity index (χ1v) is 28.6. The zero-order chi connectivity index (χ0) is 59.8. The molecule has 0 radical (unpaired) electrons. The summed E-state index contributed by atoms with van der Waals surface area (Å²) in [6.07, 6.45) is 0.633. The number of anilines is 1. The lowest BCUT2D eigenvalue weighted by atomic mass is 9.45. The molecule has 10 rings (SSSR count). The Morgan fingerprint density at radius 2 is 1.74 bits per heavy atom. The van der Waals surface area contributed by atoms with Crippen LogP contribution in [0.25, 0.3) is 6.08 Å². The summed E-state index contributed by atoms with van der Waals surface area (Å²) in [5, 5.41) is 141. The molecule has 22 nitrogen and oxygen atoms in total. The number of guanidine groups is 1. The number of imidazole rings is 1. The number of aromatic hydroxyl groups is 4. The molecule has 0 spiro atoms. The van der Waals surface area contributed by atoms with Gasteiger partial charge in [-0.25, -0.2) is 14.8 Å². The van der Waals surface area contributed by atoms with E-state index in [1.54, 1.807) is 24.5 Å². The number of carboxylic acid groups (broad SMARTS) is 1. The molecule has 2 aliphatic heterocycles. The number of carboxylic acids is 1. The lowest BCUT2D eigenvalue weighted by Gasteiger charge is -2.58. The molecule has 3 aliphatic carbocycles. The van der Waals surface area contributed by atoms with Crippen LogP contribution in [0.4, 0.5) is 5.69 Å². The predicted octanol–water partition coefficient (Wildman–Crippen LogP) is 3.73. The van der Waals surface area contributed by atoms with Crippen molar-refractivity contribution in [2.45, 2.75) is 137 Å². The van der Waals surface area contributed by atoms with Crippen LogP contribution in [0.2, 0.25) is 0 Å². The van der Waals surface area contributed by atoms with E-state index in [1.807, 2.05) is 43.3 Å². The summed E-state index contributed by atoms with van der Waals surface area (Å²) in [5.41, 5.74) is 6.79. The van der Waals surface area contributed by atoms with E-state index in [2.05, 4.69) is 20.3 Å². The third-order valence-corrected chi connectivity index (χ3v) is 18.1. The minimum absolute atomic E-state index is 0.0248. The topological polar surface area (TPSA) is 378 Å². The minimum Gasteiger partial charge on any atom is -0.508 e. The van der Waals surface area contributed by atoms with Gasteiger partial charge in [0.15, 0.2) is 29.1 Å². The van der Waals surface area contributed by atoms with Crippen molar-refractivity contribution in [1.29, 1.82) is 0 Å². The summed E-state index contributed by atoms with van der Waals surface area (Å²) in [6, 6.07) is 20.3. The number of carbonyl (C=O) groups is 2. The van der Waals surface area contributed by atoms with Crippen molar-refractivity contribution < 1.29 is 80.3 Å². The summed E-state index contributed by atoms with van der Waals surface area (Å²) in [5.74, 6) is -12.5. The Labute approximate surface area is 484 Å². The van der Waals surface area contributed by atoms with Gasteiger partial charge in [0.05, 0.1) is 37.0 Å². The number of nitrogens with zero attached hydrogens (tertiary/aromatic N) is 3. The van der Waals surface area contributed by atoms with E-state index < -0.39 is 108 Å². The fourth-order valence-electron chi connectivity index (χ4n) is 14.4. The summed E-state index contributed by atoms with van der Waals surface area (Å²) in [4.78, 5) is 43.5. The number of carbonyl (C=O) groups excluding carboxylic acids is 1. The van der Waals surface area contributed by atoms with Crippen LogP contribution in [0, 0.1) is 17.8 Å². The highest BCUT2D eigenvalue weighted by atomic mass is 16.8. The van der Waals surface area contributed by atoms with Crippen molar-refractivity contribution in [1.82, 2.24) is 15.3 Å². The largest absolute Gasteiger partial charge is 0.508 e. The maximum atomic E-state index is 15.7. The second-order valence-electron chi connectivity index (χ2n) is 22.8. The highest BCUT2D eigenvalue weighted by Crippen LogP contribution is 2.72. The number of benzene rings is 4. The van der Waals surface area contributed by atoms with E-state index in [1.165, 1.54) is 24.3 Å². The van der Waals surface area contributed by atoms with Crippen LogP contribution in [0.15, 0.2) is 102 Å². The highest BCUT2D eigenvalue weighted by Gasteiger charge is 2.72. The number of phenols is 4. The van der Waals surface area contributed by atoms with Crippen molar-refractivity contribution in [3.8, 4) is 28.7 Å². The van der Waals surface area contributed by atoms with Gasteiger partial charge in [0.1, 0.15) is 29.8 Å². The third-order valence-electron chi connectivity index (χ3n) is 18.1. The summed E-state index contributed by atoms with van der Waals surface area (Å²) in [6.45, 7) is 1.26. The van der Waals surface area contributed by atoms with E-state index in [-0.39, 0.29) is 60.3 Å². The number of fused-ring (bicyclic) bond motifs is 6. The number of aliphatic hydroxyl groups excluding tert-OH is 6. The number of hydrogen-bond acceptors (Lipinski definition) is 17. The lowest BCUT2D eigenvalue weighted by molar-refractivity contribution is -0.422. The number of rotatable bonds is 20. The van der Waals surface area contributed by atoms with Crippen molar-refractivity contribution in [3.63, 3.8) is 0 Å². The first kappa shape index (κ1) is 59.6. The number of allylic oxidation sites excluding steroid dienone is 1. The van der Waals surface area contributed by atoms with Crippen molar-refractivity contribution in [3.05, 3.63) is 142 Å². The van der Waals surface area contributed by atoms with Gasteiger partial charge in [-0.2, -0.15) is 0 Å². The van der Waals surface area contributed by atoms with Crippen molar-refractivity contribution >= 4 is 29.6 Å². The highest BCUT2D eigenvalue weighted by molar-refractivity contribution is 6.13. The number of aromatic amines is 1. The normalized spacial score (nSPS) is 28.5. The van der Waals surface area contributed by atoms with Crippen molar-refractivity contribution in [2.75, 3.05) is 24.7 Å². The molecular weight excluding hydrogens is 1080 g/mol. The van der Waals surface area contributed by atoms with Crippen LogP contribution >= 0.6 is 0 Å². The Hall–Kier alpha value is -7.54. The summed E-state index contributed by atoms with van der Waals surface area (Å²) >= 11 is 0. The van der Waals surface area contributed by atoms with Crippen LogP contribution in [0.3, 0.4) is 0 Å². The van der Waals surface area contributed by atoms with Crippen LogP contribution < -0.4 is 20.7 Å². The minimum atomic E-state index is -3.36. The van der Waals surface area contributed by atoms with E-state index in [0.717, 1.165) is 39.6 Å². The quantitative estimate of drug-likeness (QED) is 0.0100. The number of nitrogens with one attached hydrogen (secondary N) is 2. The zero-order valence-corrected chi connectivity index (χ0v) is 46.5. The zero-order valence-electron chi connectivity index (χ0n) is 46.5. The molecule has 1 saturated carbocycles. The van der Waals surface area contributed by atoms with Gasteiger partial charge in [0.2, 0.25) is 5.75 Å². The molecule has 5 aliphatic rings. The smallest absolute Gasteiger partial charge is 0.355 e. The maximum Gasteiger partial charge on any atom is 0.355 e. The maximum absolute atomic E-state index is 15.7. The summed E-state index contributed by atoms with van der Waals surface area (Å²) < 4.78 is 11.1. The second kappa shape index (κ2) is 24.2. The number of ether oxygens (including phenoxy) is 2. The molecular formula is C62H74N6O16. The Morgan fingerprint density at radius 3 is 2.48 bits per heavy atom. The van der Waals surface area contributed by atoms with Gasteiger partial charge in [-0.3, -0.25) is 9.69 Å². The van der Waals surface area contributed by atoms with Gasteiger partial charge in [-0.15, -0.1) is 0 Å². The van der Waals surface area contributed by atoms with Gasteiger partial charge in [0, 0.05) is 71.3 Å². The van der Waals surface area contributed by atoms with E-state index in [4.69, 9.17) is 15.2 Å². The molecule has 12 atom stereocenters. The fourth-order valence-corrected chi connectivity index (χ4v) is 14.4. The Bertz CT molecular complexity index is 3330. The number of aromatic nitrogens is 2. The Morgan fingerprint density at radius 1 is 0.952 bits per heavy atom. The van der Waals surface area contributed by atoms with Crippen LogP contribution in [-0.4, -0.2) is 151 Å². The number of phenolic OH excluding ortho intramolecular Hbond substituents is 4. The number of aliphatic imine (C=N–C) groups is 1. The number of aliphatic carboxylic acids is 1. The van der Waals surface area contributed by atoms with Gasteiger partial charge >= 0.3 is 11.9 Å². The number of aryl methyl sites for hydroxylation is 2. The Kier molecular flexibility index (Phi) is 17.2. The van der Waals surface area contributed by atoms with Crippen molar-refractivity contribution in [2.24, 2.45) is 28.5 Å².